The number of halogens is 1. The fourth-order valence-corrected chi connectivity index (χ4v) is 4.56. The number of carbonyl (C=O) groups excluding carboxylic acids is 2. The highest BCUT2D eigenvalue weighted by molar-refractivity contribution is 6.31. The minimum Gasteiger partial charge on any atom is -0.454 e. The van der Waals surface area contributed by atoms with Crippen LogP contribution < -0.4 is 14.8 Å². The lowest BCUT2D eigenvalue weighted by Crippen LogP contribution is -2.50. The predicted molar refractivity (Wildman–Crippen MR) is 145 cm³/mol. The first-order chi connectivity index (χ1) is 18.0. The molecule has 1 heterocycles. The number of nitrogens with one attached hydrogen (secondary N) is 1. The van der Waals surface area contributed by atoms with Gasteiger partial charge in [-0.1, -0.05) is 79.5 Å². The van der Waals surface area contributed by atoms with Gasteiger partial charge in [-0.05, 0) is 47.7 Å². The Labute approximate surface area is 223 Å². The van der Waals surface area contributed by atoms with Crippen LogP contribution >= 0.6 is 11.6 Å². The van der Waals surface area contributed by atoms with Crippen LogP contribution in [0.5, 0.6) is 11.5 Å². The first-order valence-corrected chi connectivity index (χ1v) is 13.2. The maximum atomic E-state index is 13.8. The smallest absolute Gasteiger partial charge is 0.243 e. The molecule has 37 heavy (non-hydrogen) atoms. The molecule has 1 N–H and O–H groups in total. The van der Waals surface area contributed by atoms with Gasteiger partial charge < -0.3 is 19.7 Å². The number of rotatable bonds is 12. The normalized spacial score (nSPS) is 12.7. The second-order valence-corrected chi connectivity index (χ2v) is 9.56. The van der Waals surface area contributed by atoms with E-state index < -0.39 is 6.04 Å². The van der Waals surface area contributed by atoms with Gasteiger partial charge in [-0.2, -0.15) is 0 Å². The molecule has 0 bridgehead atoms. The van der Waals surface area contributed by atoms with E-state index in [1.807, 2.05) is 66.7 Å². The van der Waals surface area contributed by atoms with Crippen LogP contribution in [0, 0.1) is 0 Å². The van der Waals surface area contributed by atoms with Crippen molar-refractivity contribution in [1.29, 1.82) is 0 Å². The Morgan fingerprint density at radius 3 is 2.51 bits per heavy atom. The lowest BCUT2D eigenvalue weighted by Gasteiger charge is -2.32. The van der Waals surface area contributed by atoms with Gasteiger partial charge in [0.05, 0.1) is 0 Å². The summed E-state index contributed by atoms with van der Waals surface area (Å²) in [6.45, 7) is 3.11. The molecule has 0 aromatic heterocycles. The Morgan fingerprint density at radius 2 is 1.73 bits per heavy atom. The number of hydrogen-bond acceptors (Lipinski definition) is 4. The molecule has 0 aliphatic carbocycles. The highest BCUT2D eigenvalue weighted by atomic mass is 35.5. The summed E-state index contributed by atoms with van der Waals surface area (Å²) in [6.07, 6.45) is 3.04. The van der Waals surface area contributed by atoms with E-state index in [0.717, 1.165) is 29.5 Å². The molecule has 3 aromatic carbocycles. The fraction of sp³-hybridized carbons (Fsp3) is 0.333. The molecule has 6 nitrogen and oxygen atoms in total. The van der Waals surface area contributed by atoms with Crippen LogP contribution in [0.25, 0.3) is 0 Å². The molecular formula is C30H33ClN2O4. The molecular weight excluding hydrogens is 488 g/mol. The molecule has 2 amide bonds. The van der Waals surface area contributed by atoms with Crippen molar-refractivity contribution in [3.05, 3.63) is 94.5 Å². The summed E-state index contributed by atoms with van der Waals surface area (Å²) in [5.41, 5.74) is 2.77. The maximum Gasteiger partial charge on any atom is 0.243 e. The summed E-state index contributed by atoms with van der Waals surface area (Å²) < 4.78 is 10.9. The summed E-state index contributed by atoms with van der Waals surface area (Å²) in [6, 6.07) is 22.3. The van der Waals surface area contributed by atoms with E-state index in [1.165, 1.54) is 0 Å². The number of nitrogens with zero attached hydrogens (tertiary/aromatic N) is 1. The van der Waals surface area contributed by atoms with Crippen LogP contribution in [0.15, 0.2) is 72.8 Å². The lowest BCUT2D eigenvalue weighted by atomic mass is 10.0. The van der Waals surface area contributed by atoms with E-state index in [-0.39, 0.29) is 31.6 Å². The van der Waals surface area contributed by atoms with Crippen molar-refractivity contribution in [3.63, 3.8) is 0 Å². The molecule has 3 aromatic rings. The van der Waals surface area contributed by atoms with Crippen molar-refractivity contribution in [2.45, 2.75) is 51.6 Å². The average Bonchev–Trinajstić information content (AvgIpc) is 3.39. The van der Waals surface area contributed by atoms with Crippen LogP contribution in [0.1, 0.15) is 42.9 Å². The van der Waals surface area contributed by atoms with Crippen molar-refractivity contribution in [2.75, 3.05) is 13.3 Å². The van der Waals surface area contributed by atoms with Crippen molar-refractivity contribution in [2.24, 2.45) is 0 Å². The number of amides is 2. The van der Waals surface area contributed by atoms with E-state index in [0.29, 0.717) is 35.9 Å². The minimum atomic E-state index is -0.667. The second kappa shape index (κ2) is 13.2. The van der Waals surface area contributed by atoms with Crippen LogP contribution in [0.3, 0.4) is 0 Å². The van der Waals surface area contributed by atoms with Gasteiger partial charge in [0.2, 0.25) is 18.6 Å². The number of carbonyl (C=O) groups is 2. The Balaban J connectivity index is 1.58. The zero-order valence-electron chi connectivity index (χ0n) is 21.1. The average molecular weight is 521 g/mol. The molecule has 1 aliphatic rings. The van der Waals surface area contributed by atoms with Gasteiger partial charge >= 0.3 is 0 Å². The highest BCUT2D eigenvalue weighted by Gasteiger charge is 2.30. The third kappa shape index (κ3) is 7.26. The number of unbranched alkanes of at least 4 members (excludes halogenated alkanes) is 1. The Kier molecular flexibility index (Phi) is 9.44. The summed E-state index contributed by atoms with van der Waals surface area (Å²) in [5, 5.41) is 3.62. The number of hydrogen-bond donors (Lipinski definition) is 1. The molecule has 0 unspecified atom stereocenters. The monoisotopic (exact) mass is 520 g/mol. The minimum absolute atomic E-state index is 0.107. The van der Waals surface area contributed by atoms with Gasteiger partial charge in [-0.25, -0.2) is 0 Å². The molecule has 4 rings (SSSR count). The Bertz CT molecular complexity index is 1200. The van der Waals surface area contributed by atoms with Crippen molar-refractivity contribution in [3.8, 4) is 11.5 Å². The van der Waals surface area contributed by atoms with E-state index in [4.69, 9.17) is 21.1 Å². The Hall–Kier alpha value is -3.51. The van der Waals surface area contributed by atoms with E-state index in [1.54, 1.807) is 11.0 Å². The molecule has 1 aliphatic heterocycles. The third-order valence-corrected chi connectivity index (χ3v) is 6.83. The van der Waals surface area contributed by atoms with Gasteiger partial charge in [-0.15, -0.1) is 0 Å². The lowest BCUT2D eigenvalue weighted by molar-refractivity contribution is -0.141. The van der Waals surface area contributed by atoms with Crippen LogP contribution in [-0.2, 0) is 29.0 Å². The van der Waals surface area contributed by atoms with Crippen LogP contribution in [0.4, 0.5) is 0 Å². The number of ether oxygens (including phenoxy) is 2. The zero-order chi connectivity index (χ0) is 26.0. The van der Waals surface area contributed by atoms with E-state index in [2.05, 4.69) is 12.2 Å². The van der Waals surface area contributed by atoms with Gasteiger partial charge in [0, 0.05) is 31.0 Å². The summed E-state index contributed by atoms with van der Waals surface area (Å²) in [5.74, 6) is 1.14. The molecule has 0 radical (unpaired) electrons. The third-order valence-electron chi connectivity index (χ3n) is 6.46. The van der Waals surface area contributed by atoms with Gasteiger partial charge in [0.1, 0.15) is 6.04 Å². The predicted octanol–water partition coefficient (Wildman–Crippen LogP) is 5.56. The molecule has 0 saturated carbocycles. The molecule has 0 saturated heterocycles. The number of benzene rings is 3. The topological polar surface area (TPSA) is 67.9 Å². The number of fused-ring (bicyclic) bond motifs is 1. The first kappa shape index (κ1) is 26.6. The number of aryl methyl sites for hydroxylation is 1. The quantitative estimate of drug-likeness (QED) is 0.318. The molecule has 1 atom stereocenters. The van der Waals surface area contributed by atoms with Gasteiger partial charge in [0.25, 0.3) is 0 Å². The standard InChI is InChI=1S/C30H33ClN2O4/c1-2-3-17-32-30(35)26(18-22-9-5-4-6-10-22)33(20-24-11-7-8-12-25(24)31)29(34)16-14-23-13-15-27-28(19-23)37-21-36-27/h4-13,15,19,26H,2-3,14,16-18,20-21H2,1H3,(H,32,35)/t26-/m1/s1. The molecule has 0 spiro atoms. The van der Waals surface area contributed by atoms with E-state index >= 15 is 0 Å². The highest BCUT2D eigenvalue weighted by Crippen LogP contribution is 2.33. The molecule has 0 fully saturated rings. The van der Waals surface area contributed by atoms with Crippen molar-refractivity contribution < 1.29 is 19.1 Å². The largest absolute Gasteiger partial charge is 0.454 e. The van der Waals surface area contributed by atoms with Crippen molar-refractivity contribution >= 4 is 23.4 Å². The first-order valence-electron chi connectivity index (χ1n) is 12.8. The zero-order valence-corrected chi connectivity index (χ0v) is 21.9. The van der Waals surface area contributed by atoms with Gasteiger partial charge in [0.15, 0.2) is 11.5 Å². The Morgan fingerprint density at radius 1 is 0.973 bits per heavy atom. The SMILES string of the molecule is CCCCNC(=O)[C@@H](Cc1ccccc1)N(Cc1ccccc1Cl)C(=O)CCc1ccc2c(c1)OCO2. The van der Waals surface area contributed by atoms with Gasteiger partial charge in [-0.3, -0.25) is 9.59 Å². The van der Waals surface area contributed by atoms with Crippen LogP contribution in [0.2, 0.25) is 5.02 Å². The fourth-order valence-electron chi connectivity index (χ4n) is 4.36. The van der Waals surface area contributed by atoms with E-state index in [9.17, 15) is 9.59 Å². The molecule has 7 heteroatoms. The summed E-state index contributed by atoms with van der Waals surface area (Å²) in [7, 11) is 0. The second-order valence-electron chi connectivity index (χ2n) is 9.15. The van der Waals surface area contributed by atoms with Crippen LogP contribution in [-0.4, -0.2) is 36.1 Å². The molecule has 194 valence electrons. The summed E-state index contributed by atoms with van der Waals surface area (Å²) in [4.78, 5) is 28.9. The maximum absolute atomic E-state index is 13.8. The summed E-state index contributed by atoms with van der Waals surface area (Å²) >= 11 is 6.48. The van der Waals surface area contributed by atoms with Crippen molar-refractivity contribution in [1.82, 2.24) is 10.2 Å².